The van der Waals surface area contributed by atoms with Gasteiger partial charge in [-0.3, -0.25) is 0 Å². The van der Waals surface area contributed by atoms with Gasteiger partial charge in [0.15, 0.2) is 0 Å². The van der Waals surface area contributed by atoms with Crippen molar-refractivity contribution in [3.05, 3.63) is 35.4 Å². The van der Waals surface area contributed by atoms with Gasteiger partial charge in [0.25, 0.3) is 0 Å². The first kappa shape index (κ1) is 11.3. The summed E-state index contributed by atoms with van der Waals surface area (Å²) in [5, 5.41) is 0. The van der Waals surface area contributed by atoms with Gasteiger partial charge >= 0.3 is 0 Å². The fraction of sp³-hybridized carbons (Fsp3) is 0.467. The monoisotopic (exact) mass is 215 g/mol. The Labute approximate surface area is 98.8 Å². The molecule has 0 saturated carbocycles. The maximum absolute atomic E-state index is 2.54. The summed E-state index contributed by atoms with van der Waals surface area (Å²) < 4.78 is 0. The molecular weight excluding hydrogens is 194 g/mol. The number of fused-ring (bicyclic) bond motifs is 1. The lowest BCUT2D eigenvalue weighted by Crippen LogP contribution is -2.38. The molecule has 0 bridgehead atoms. The molecule has 16 heavy (non-hydrogen) atoms. The Hall–Kier alpha value is -1.24. The first-order valence-electron chi connectivity index (χ1n) is 6.37. The van der Waals surface area contributed by atoms with Crippen molar-refractivity contribution in [1.82, 2.24) is 0 Å². The van der Waals surface area contributed by atoms with Crippen LogP contribution in [0.5, 0.6) is 0 Å². The minimum atomic E-state index is 0.602. The van der Waals surface area contributed by atoms with E-state index in [9.17, 15) is 0 Å². The van der Waals surface area contributed by atoms with Crippen LogP contribution < -0.4 is 4.90 Å². The quantitative estimate of drug-likeness (QED) is 0.733. The van der Waals surface area contributed by atoms with Crippen LogP contribution in [0.1, 0.15) is 39.2 Å². The lowest BCUT2D eigenvalue weighted by Gasteiger charge is -2.38. The normalized spacial score (nSPS) is 19.3. The van der Waals surface area contributed by atoms with Crippen molar-refractivity contribution in [2.75, 3.05) is 11.4 Å². The van der Waals surface area contributed by atoms with Crippen molar-refractivity contribution < 1.29 is 0 Å². The van der Waals surface area contributed by atoms with Gasteiger partial charge in [0.1, 0.15) is 0 Å². The van der Waals surface area contributed by atoms with Gasteiger partial charge < -0.3 is 4.90 Å². The number of para-hydroxylation sites is 1. The van der Waals surface area contributed by atoms with E-state index in [-0.39, 0.29) is 0 Å². The Morgan fingerprint density at radius 1 is 1.12 bits per heavy atom. The molecule has 0 radical (unpaired) electrons. The van der Waals surface area contributed by atoms with Crippen molar-refractivity contribution in [3.63, 3.8) is 0 Å². The lowest BCUT2D eigenvalue weighted by atomic mass is 9.92. The molecule has 0 saturated heterocycles. The molecule has 1 atom stereocenters. The first-order valence-corrected chi connectivity index (χ1v) is 6.37. The van der Waals surface area contributed by atoms with Crippen molar-refractivity contribution in [2.24, 2.45) is 0 Å². The van der Waals surface area contributed by atoms with Crippen molar-refractivity contribution in [1.29, 1.82) is 0 Å². The van der Waals surface area contributed by atoms with E-state index in [0.29, 0.717) is 6.04 Å². The summed E-state index contributed by atoms with van der Waals surface area (Å²) in [6.07, 6.45) is 4.74. The predicted molar refractivity (Wildman–Crippen MR) is 71.8 cm³/mol. The Balaban J connectivity index is 2.49. The molecule has 1 unspecified atom stereocenters. The summed E-state index contributed by atoms with van der Waals surface area (Å²) in [6, 6.07) is 9.33. The van der Waals surface area contributed by atoms with Crippen LogP contribution in [0.4, 0.5) is 5.69 Å². The van der Waals surface area contributed by atoms with Gasteiger partial charge in [-0.25, -0.2) is 0 Å². The van der Waals surface area contributed by atoms with E-state index in [1.807, 2.05) is 0 Å². The molecular formula is C15H21N. The third-order valence-corrected chi connectivity index (χ3v) is 3.53. The highest BCUT2D eigenvalue weighted by Crippen LogP contribution is 2.34. The zero-order chi connectivity index (χ0) is 11.5. The molecule has 0 N–H and O–H groups in total. The molecule has 1 aliphatic rings. The summed E-state index contributed by atoms with van der Waals surface area (Å²) in [6.45, 7) is 7.88. The maximum Gasteiger partial charge on any atom is 0.0502 e. The van der Waals surface area contributed by atoms with E-state index in [4.69, 9.17) is 0 Å². The number of benzene rings is 1. The van der Waals surface area contributed by atoms with E-state index in [2.05, 4.69) is 56.0 Å². The standard InChI is InChI=1S/C15H21N/c1-4-12-11-13-9-7-8-10-15(13)16(6-3)14(12)5-2/h7-11,14H,4-6H2,1-3H3. The SMILES string of the molecule is CCC1=Cc2ccccc2N(CC)C1CC. The second-order valence-electron chi connectivity index (χ2n) is 4.34. The number of rotatable bonds is 3. The largest absolute Gasteiger partial charge is 0.365 e. The zero-order valence-electron chi connectivity index (χ0n) is 10.5. The maximum atomic E-state index is 2.54. The van der Waals surface area contributed by atoms with Crippen LogP contribution in [0.15, 0.2) is 29.8 Å². The predicted octanol–water partition coefficient (Wildman–Crippen LogP) is 4.10. The van der Waals surface area contributed by atoms with Crippen molar-refractivity contribution >= 4 is 11.8 Å². The summed E-state index contributed by atoms with van der Waals surface area (Å²) in [7, 11) is 0. The van der Waals surface area contributed by atoms with E-state index in [1.165, 1.54) is 17.7 Å². The minimum Gasteiger partial charge on any atom is -0.365 e. The topological polar surface area (TPSA) is 3.24 Å². The van der Waals surface area contributed by atoms with E-state index in [1.54, 1.807) is 5.57 Å². The fourth-order valence-electron chi connectivity index (χ4n) is 2.75. The molecule has 1 aliphatic heterocycles. The van der Waals surface area contributed by atoms with Crippen LogP contribution in [0, 0.1) is 0 Å². The highest BCUT2D eigenvalue weighted by molar-refractivity contribution is 5.74. The Bertz CT molecular complexity index is 392. The molecule has 0 aliphatic carbocycles. The number of nitrogens with zero attached hydrogens (tertiary/aromatic N) is 1. The fourth-order valence-corrected chi connectivity index (χ4v) is 2.75. The van der Waals surface area contributed by atoms with E-state index >= 15 is 0 Å². The second-order valence-corrected chi connectivity index (χ2v) is 4.34. The van der Waals surface area contributed by atoms with Gasteiger partial charge in [-0.15, -0.1) is 0 Å². The van der Waals surface area contributed by atoms with Crippen LogP contribution in [-0.2, 0) is 0 Å². The molecule has 0 fully saturated rings. The van der Waals surface area contributed by atoms with E-state index < -0.39 is 0 Å². The first-order chi connectivity index (χ1) is 7.81. The Morgan fingerprint density at radius 2 is 1.88 bits per heavy atom. The summed E-state index contributed by atoms with van der Waals surface area (Å²) in [4.78, 5) is 2.54. The number of likely N-dealkylation sites (N-methyl/N-ethyl adjacent to an activating group) is 1. The molecule has 1 aromatic rings. The summed E-state index contributed by atoms with van der Waals surface area (Å²) >= 11 is 0. The molecule has 1 heterocycles. The molecule has 2 rings (SSSR count). The van der Waals surface area contributed by atoms with Crippen LogP contribution in [-0.4, -0.2) is 12.6 Å². The molecule has 1 nitrogen and oxygen atoms in total. The van der Waals surface area contributed by atoms with E-state index in [0.717, 1.165) is 13.0 Å². The van der Waals surface area contributed by atoms with Gasteiger partial charge in [0, 0.05) is 12.2 Å². The summed E-state index contributed by atoms with van der Waals surface area (Å²) in [5.74, 6) is 0. The Morgan fingerprint density at radius 3 is 2.50 bits per heavy atom. The number of hydrogen-bond donors (Lipinski definition) is 0. The smallest absolute Gasteiger partial charge is 0.0502 e. The van der Waals surface area contributed by atoms with Crippen LogP contribution >= 0.6 is 0 Å². The third kappa shape index (κ3) is 1.75. The van der Waals surface area contributed by atoms with Gasteiger partial charge in [-0.05, 0) is 37.0 Å². The van der Waals surface area contributed by atoms with Crippen molar-refractivity contribution in [2.45, 2.75) is 39.7 Å². The molecule has 0 aromatic heterocycles. The third-order valence-electron chi connectivity index (χ3n) is 3.53. The molecule has 86 valence electrons. The molecule has 1 heteroatoms. The number of anilines is 1. The van der Waals surface area contributed by atoms with Gasteiger partial charge in [-0.1, -0.05) is 38.1 Å². The lowest BCUT2D eigenvalue weighted by molar-refractivity contribution is 0.633. The molecule has 1 aromatic carbocycles. The van der Waals surface area contributed by atoms with Crippen molar-refractivity contribution in [3.8, 4) is 0 Å². The highest BCUT2D eigenvalue weighted by atomic mass is 15.2. The average molecular weight is 215 g/mol. The van der Waals surface area contributed by atoms with Gasteiger partial charge in [-0.2, -0.15) is 0 Å². The molecule has 0 spiro atoms. The minimum absolute atomic E-state index is 0.602. The van der Waals surface area contributed by atoms with Gasteiger partial charge in [0.2, 0.25) is 0 Å². The van der Waals surface area contributed by atoms with Crippen LogP contribution in [0.25, 0.3) is 6.08 Å². The highest BCUT2D eigenvalue weighted by Gasteiger charge is 2.24. The average Bonchev–Trinajstić information content (AvgIpc) is 2.36. The summed E-state index contributed by atoms with van der Waals surface area (Å²) in [5.41, 5.74) is 4.35. The van der Waals surface area contributed by atoms with Gasteiger partial charge in [0.05, 0.1) is 6.04 Å². The van der Waals surface area contributed by atoms with Crippen LogP contribution in [0.3, 0.4) is 0 Å². The molecule has 0 amide bonds. The Kier molecular flexibility index (Phi) is 3.33. The van der Waals surface area contributed by atoms with Crippen LogP contribution in [0.2, 0.25) is 0 Å². The number of hydrogen-bond acceptors (Lipinski definition) is 1. The zero-order valence-corrected chi connectivity index (χ0v) is 10.5. The second kappa shape index (κ2) is 4.73.